The highest BCUT2D eigenvalue weighted by Gasteiger charge is 2.20. The molecule has 2 N–H and O–H groups in total. The molecule has 0 aromatic carbocycles. The number of aryl methyl sites for hydroxylation is 1. The Bertz CT molecular complexity index is 324. The van der Waals surface area contributed by atoms with Crippen LogP contribution in [0.15, 0.2) is 4.79 Å². The molecule has 1 aliphatic rings. The van der Waals surface area contributed by atoms with E-state index in [4.69, 9.17) is 0 Å². The van der Waals surface area contributed by atoms with Crippen LogP contribution in [0.4, 0.5) is 0 Å². The van der Waals surface area contributed by atoms with Gasteiger partial charge in [-0.2, -0.15) is 0 Å². The number of hydrogen-bond donors (Lipinski definition) is 2. The smallest absolute Gasteiger partial charge is 0.304 e. The van der Waals surface area contributed by atoms with E-state index < -0.39 is 0 Å². The summed E-state index contributed by atoms with van der Waals surface area (Å²) < 4.78 is 0. The van der Waals surface area contributed by atoms with Crippen LogP contribution in [-0.4, -0.2) is 11.0 Å². The van der Waals surface area contributed by atoms with Crippen LogP contribution in [0.3, 0.4) is 0 Å². The predicted molar refractivity (Wildman–Crippen MR) is 49.5 cm³/mol. The molecule has 3 nitrogen and oxygen atoms in total. The molecule has 0 unspecified atom stereocenters. The molecule has 1 aromatic rings. The average Bonchev–Trinajstić information content (AvgIpc) is 2.76. The molecule has 0 spiro atoms. The third-order valence-electron chi connectivity index (χ3n) is 2.05. The van der Waals surface area contributed by atoms with E-state index in [1.807, 2.05) is 6.92 Å². The number of thiazole rings is 1. The van der Waals surface area contributed by atoms with E-state index in [1.165, 1.54) is 24.2 Å². The van der Waals surface area contributed by atoms with E-state index >= 15 is 0 Å². The Hall–Kier alpha value is -0.610. The highest BCUT2D eigenvalue weighted by molar-refractivity contribution is 7.09. The van der Waals surface area contributed by atoms with Crippen molar-refractivity contribution < 1.29 is 0 Å². The minimum Gasteiger partial charge on any atom is -0.317 e. The Morgan fingerprint density at radius 1 is 1.67 bits per heavy atom. The average molecular weight is 184 g/mol. The van der Waals surface area contributed by atoms with Crippen molar-refractivity contribution >= 4 is 11.3 Å². The topological polar surface area (TPSA) is 44.9 Å². The van der Waals surface area contributed by atoms with Crippen LogP contribution in [0.1, 0.15) is 23.4 Å². The van der Waals surface area contributed by atoms with E-state index in [-0.39, 0.29) is 4.87 Å². The van der Waals surface area contributed by atoms with Crippen LogP contribution in [0.2, 0.25) is 0 Å². The monoisotopic (exact) mass is 184 g/mol. The van der Waals surface area contributed by atoms with Gasteiger partial charge in [0.25, 0.3) is 0 Å². The first-order valence-electron chi connectivity index (χ1n) is 4.17. The maximum absolute atomic E-state index is 10.9. The summed E-state index contributed by atoms with van der Waals surface area (Å²) in [7, 11) is 0. The van der Waals surface area contributed by atoms with Gasteiger partial charge >= 0.3 is 4.87 Å². The molecule has 1 aromatic heterocycles. The fourth-order valence-corrected chi connectivity index (χ4v) is 1.92. The zero-order valence-corrected chi connectivity index (χ0v) is 7.83. The van der Waals surface area contributed by atoms with Gasteiger partial charge in [0.2, 0.25) is 0 Å². The quantitative estimate of drug-likeness (QED) is 0.736. The number of aromatic amines is 1. The van der Waals surface area contributed by atoms with Crippen molar-refractivity contribution in [3.05, 3.63) is 20.2 Å². The van der Waals surface area contributed by atoms with Gasteiger partial charge < -0.3 is 10.3 Å². The molecule has 1 saturated carbocycles. The highest BCUT2D eigenvalue weighted by atomic mass is 32.1. The third kappa shape index (κ3) is 1.76. The molecule has 0 atom stereocenters. The van der Waals surface area contributed by atoms with Gasteiger partial charge in [-0.05, 0) is 19.8 Å². The highest BCUT2D eigenvalue weighted by Crippen LogP contribution is 2.20. The summed E-state index contributed by atoms with van der Waals surface area (Å²) in [5.74, 6) is 0. The first-order chi connectivity index (χ1) is 5.75. The van der Waals surface area contributed by atoms with E-state index in [2.05, 4.69) is 10.3 Å². The largest absolute Gasteiger partial charge is 0.317 e. The van der Waals surface area contributed by atoms with Crippen molar-refractivity contribution in [3.63, 3.8) is 0 Å². The molecule has 2 rings (SSSR count). The lowest BCUT2D eigenvalue weighted by Crippen LogP contribution is -2.14. The molecule has 0 aliphatic heterocycles. The van der Waals surface area contributed by atoms with Crippen molar-refractivity contribution in [2.75, 3.05) is 0 Å². The van der Waals surface area contributed by atoms with Crippen LogP contribution in [0.25, 0.3) is 0 Å². The Balaban J connectivity index is 2.00. The van der Waals surface area contributed by atoms with Crippen LogP contribution in [0.5, 0.6) is 0 Å². The third-order valence-corrected chi connectivity index (χ3v) is 3.04. The van der Waals surface area contributed by atoms with Crippen LogP contribution >= 0.6 is 11.3 Å². The normalized spacial score (nSPS) is 16.8. The summed E-state index contributed by atoms with van der Waals surface area (Å²) >= 11 is 1.31. The van der Waals surface area contributed by atoms with Gasteiger partial charge in [-0.25, -0.2) is 0 Å². The second-order valence-electron chi connectivity index (χ2n) is 3.22. The Morgan fingerprint density at radius 2 is 2.42 bits per heavy atom. The Labute approximate surface area is 74.8 Å². The Morgan fingerprint density at radius 3 is 2.92 bits per heavy atom. The number of nitrogens with one attached hydrogen (secondary N) is 2. The molecule has 0 radical (unpaired) electrons. The number of rotatable bonds is 3. The molecule has 1 fully saturated rings. The molecular weight excluding hydrogens is 172 g/mol. The van der Waals surface area contributed by atoms with Crippen molar-refractivity contribution in [1.82, 2.24) is 10.3 Å². The second-order valence-corrected chi connectivity index (χ2v) is 4.29. The predicted octanol–water partition coefficient (Wildman–Crippen LogP) is 0.997. The molecule has 1 heterocycles. The molecule has 0 amide bonds. The lowest BCUT2D eigenvalue weighted by molar-refractivity contribution is 0.691. The van der Waals surface area contributed by atoms with E-state index in [0.29, 0.717) is 6.04 Å². The van der Waals surface area contributed by atoms with Crippen molar-refractivity contribution in [1.29, 1.82) is 0 Å². The maximum atomic E-state index is 10.9. The first kappa shape index (κ1) is 8.01. The summed E-state index contributed by atoms with van der Waals surface area (Å²) in [6.07, 6.45) is 2.58. The standard InChI is InChI=1S/C8H12N2OS/c1-5-7(12-8(11)10-5)4-9-6-2-3-6/h6,9H,2-4H2,1H3,(H,10,11). The number of hydrogen-bond acceptors (Lipinski definition) is 3. The van der Waals surface area contributed by atoms with Gasteiger partial charge in [0.05, 0.1) is 0 Å². The molecule has 12 heavy (non-hydrogen) atoms. The fourth-order valence-electron chi connectivity index (χ4n) is 1.13. The summed E-state index contributed by atoms with van der Waals surface area (Å²) in [6, 6.07) is 0.710. The summed E-state index contributed by atoms with van der Waals surface area (Å²) in [5.41, 5.74) is 1.01. The van der Waals surface area contributed by atoms with Gasteiger partial charge in [0.1, 0.15) is 0 Å². The maximum Gasteiger partial charge on any atom is 0.304 e. The molecule has 1 aliphatic carbocycles. The van der Waals surface area contributed by atoms with Gasteiger partial charge in [-0.1, -0.05) is 11.3 Å². The van der Waals surface area contributed by atoms with Crippen LogP contribution < -0.4 is 10.2 Å². The van der Waals surface area contributed by atoms with Gasteiger partial charge in [-0.3, -0.25) is 4.79 Å². The second kappa shape index (κ2) is 3.03. The molecule has 66 valence electrons. The lowest BCUT2D eigenvalue weighted by Gasteiger charge is -1.99. The van der Waals surface area contributed by atoms with Gasteiger partial charge in [-0.15, -0.1) is 0 Å². The van der Waals surface area contributed by atoms with Crippen LogP contribution in [0, 0.1) is 6.92 Å². The van der Waals surface area contributed by atoms with Crippen LogP contribution in [-0.2, 0) is 6.54 Å². The number of aromatic nitrogens is 1. The number of H-pyrrole nitrogens is 1. The van der Waals surface area contributed by atoms with E-state index in [9.17, 15) is 4.79 Å². The lowest BCUT2D eigenvalue weighted by atomic mass is 10.4. The van der Waals surface area contributed by atoms with Crippen molar-refractivity contribution in [2.45, 2.75) is 32.4 Å². The first-order valence-corrected chi connectivity index (χ1v) is 4.99. The van der Waals surface area contributed by atoms with Gasteiger partial charge in [0, 0.05) is 23.2 Å². The molecule has 0 saturated heterocycles. The van der Waals surface area contributed by atoms with Crippen molar-refractivity contribution in [2.24, 2.45) is 0 Å². The minimum atomic E-state index is 0.0556. The SMILES string of the molecule is Cc1[nH]c(=O)sc1CNC1CC1. The van der Waals surface area contributed by atoms with E-state index in [0.717, 1.165) is 17.1 Å². The molecule has 0 bridgehead atoms. The van der Waals surface area contributed by atoms with E-state index in [1.54, 1.807) is 0 Å². The minimum absolute atomic E-state index is 0.0556. The summed E-state index contributed by atoms with van der Waals surface area (Å²) in [5, 5.41) is 3.38. The zero-order valence-electron chi connectivity index (χ0n) is 7.02. The van der Waals surface area contributed by atoms with Gasteiger partial charge in [0.15, 0.2) is 0 Å². The Kier molecular flexibility index (Phi) is 2.02. The molecular formula is C8H12N2OS. The molecule has 4 heteroatoms. The fraction of sp³-hybridized carbons (Fsp3) is 0.625. The summed E-state index contributed by atoms with van der Waals surface area (Å²) in [4.78, 5) is 14.9. The summed E-state index contributed by atoms with van der Waals surface area (Å²) in [6.45, 7) is 2.79. The zero-order chi connectivity index (χ0) is 8.55. The van der Waals surface area contributed by atoms with Crippen molar-refractivity contribution in [3.8, 4) is 0 Å².